The van der Waals surface area contributed by atoms with E-state index in [0.29, 0.717) is 0 Å². The molecule has 2 heteroatoms. The molecule has 1 fully saturated rings. The first-order valence-electron chi connectivity index (χ1n) is 10.1. The van der Waals surface area contributed by atoms with E-state index in [-0.39, 0.29) is 11.5 Å². The summed E-state index contributed by atoms with van der Waals surface area (Å²) in [6, 6.07) is 26.4. The maximum absolute atomic E-state index is 6.55. The number of nitrogens with zero attached hydrogens (tertiary/aromatic N) is 1. The number of piperidine rings is 1. The molecule has 3 aromatic carbocycles. The minimum absolute atomic E-state index is 0.00784. The Morgan fingerprint density at radius 2 is 1.56 bits per heavy atom. The topological polar surface area (TPSA) is 12.5 Å². The lowest BCUT2D eigenvalue weighted by Gasteiger charge is -2.46. The van der Waals surface area contributed by atoms with Gasteiger partial charge in [-0.2, -0.15) is 0 Å². The average molecular weight is 360 g/mol. The van der Waals surface area contributed by atoms with Crippen LogP contribution in [0.15, 0.2) is 72.8 Å². The van der Waals surface area contributed by atoms with Crippen LogP contribution in [-0.2, 0) is 10.2 Å². The molecule has 0 bridgehead atoms. The van der Waals surface area contributed by atoms with E-state index in [9.17, 15) is 0 Å². The van der Waals surface area contributed by atoms with Crippen molar-refractivity contribution in [2.24, 2.45) is 0 Å². The summed E-state index contributed by atoms with van der Waals surface area (Å²) in [5.74, 6) is 0. The Bertz CT molecular complexity index is 876. The first-order chi connectivity index (χ1) is 13.2. The molecule has 0 spiro atoms. The van der Waals surface area contributed by atoms with Crippen molar-refractivity contribution < 1.29 is 4.74 Å². The molecule has 0 radical (unpaired) electrons. The summed E-state index contributed by atoms with van der Waals surface area (Å²) in [6.45, 7) is 5.04. The van der Waals surface area contributed by atoms with Gasteiger partial charge >= 0.3 is 0 Å². The monoisotopic (exact) mass is 359 g/mol. The molecular weight excluding hydrogens is 330 g/mol. The first kappa shape index (κ1) is 18.2. The smallest absolute Gasteiger partial charge is 0.0928 e. The molecule has 1 heterocycles. The van der Waals surface area contributed by atoms with E-state index in [0.717, 1.165) is 32.5 Å². The molecule has 1 aliphatic heterocycles. The van der Waals surface area contributed by atoms with Crippen molar-refractivity contribution in [3.8, 4) is 0 Å². The van der Waals surface area contributed by atoms with Crippen molar-refractivity contribution in [2.75, 3.05) is 26.7 Å². The summed E-state index contributed by atoms with van der Waals surface area (Å²) in [5, 5.41) is 2.60. The SMILES string of the molecule is CCOC(c1cccc2ccccc12)C1(c2ccccc2)CCN(C)CC1. The Hall–Kier alpha value is -2.16. The van der Waals surface area contributed by atoms with E-state index >= 15 is 0 Å². The number of rotatable bonds is 5. The molecule has 1 aliphatic rings. The molecule has 3 aromatic rings. The lowest BCUT2D eigenvalue weighted by molar-refractivity contribution is -0.0236. The van der Waals surface area contributed by atoms with Crippen molar-refractivity contribution in [2.45, 2.75) is 31.3 Å². The van der Waals surface area contributed by atoms with Gasteiger partial charge in [0.05, 0.1) is 6.10 Å². The highest BCUT2D eigenvalue weighted by atomic mass is 16.5. The predicted molar refractivity (Wildman–Crippen MR) is 113 cm³/mol. The maximum Gasteiger partial charge on any atom is 0.0928 e. The fourth-order valence-electron chi connectivity index (χ4n) is 4.68. The van der Waals surface area contributed by atoms with Crippen LogP contribution in [0.4, 0.5) is 0 Å². The molecule has 140 valence electrons. The fraction of sp³-hybridized carbons (Fsp3) is 0.360. The van der Waals surface area contributed by atoms with Crippen LogP contribution in [-0.4, -0.2) is 31.6 Å². The third-order valence-corrected chi connectivity index (χ3v) is 6.17. The highest BCUT2D eigenvalue weighted by molar-refractivity contribution is 5.86. The number of hydrogen-bond acceptors (Lipinski definition) is 2. The van der Waals surface area contributed by atoms with Gasteiger partial charge in [0.2, 0.25) is 0 Å². The summed E-state index contributed by atoms with van der Waals surface area (Å²) >= 11 is 0. The van der Waals surface area contributed by atoms with Crippen LogP contribution >= 0.6 is 0 Å². The number of likely N-dealkylation sites (tertiary alicyclic amines) is 1. The number of ether oxygens (including phenoxy) is 1. The average Bonchev–Trinajstić information content (AvgIpc) is 2.73. The predicted octanol–water partition coefficient (Wildman–Crippen LogP) is 5.58. The number of benzene rings is 3. The van der Waals surface area contributed by atoms with E-state index in [2.05, 4.69) is 91.7 Å². The fourth-order valence-corrected chi connectivity index (χ4v) is 4.68. The van der Waals surface area contributed by atoms with Gasteiger partial charge in [-0.05, 0) is 61.8 Å². The van der Waals surface area contributed by atoms with Gasteiger partial charge in [-0.1, -0.05) is 72.8 Å². The summed E-state index contributed by atoms with van der Waals surface area (Å²) < 4.78 is 6.55. The van der Waals surface area contributed by atoms with Gasteiger partial charge in [0.1, 0.15) is 0 Å². The second-order valence-electron chi connectivity index (χ2n) is 7.73. The normalized spacial score (nSPS) is 18.4. The van der Waals surface area contributed by atoms with Crippen LogP contribution in [0.3, 0.4) is 0 Å². The van der Waals surface area contributed by atoms with Crippen LogP contribution in [0.2, 0.25) is 0 Å². The highest BCUT2D eigenvalue weighted by Crippen LogP contribution is 2.48. The van der Waals surface area contributed by atoms with Gasteiger partial charge in [-0.15, -0.1) is 0 Å². The van der Waals surface area contributed by atoms with Crippen LogP contribution in [0, 0.1) is 0 Å². The molecule has 1 unspecified atom stereocenters. The lowest BCUT2D eigenvalue weighted by atomic mass is 9.66. The summed E-state index contributed by atoms with van der Waals surface area (Å²) in [6.07, 6.45) is 2.28. The minimum atomic E-state index is 0.00784. The zero-order valence-corrected chi connectivity index (χ0v) is 16.4. The third kappa shape index (κ3) is 3.40. The molecule has 27 heavy (non-hydrogen) atoms. The minimum Gasteiger partial charge on any atom is -0.373 e. The molecule has 2 nitrogen and oxygen atoms in total. The third-order valence-electron chi connectivity index (χ3n) is 6.17. The van der Waals surface area contributed by atoms with Gasteiger partial charge in [0, 0.05) is 12.0 Å². The lowest BCUT2D eigenvalue weighted by Crippen LogP contribution is -2.45. The van der Waals surface area contributed by atoms with E-state index in [1.54, 1.807) is 0 Å². The van der Waals surface area contributed by atoms with Crippen molar-refractivity contribution in [3.63, 3.8) is 0 Å². The van der Waals surface area contributed by atoms with E-state index < -0.39 is 0 Å². The van der Waals surface area contributed by atoms with E-state index in [1.165, 1.54) is 21.9 Å². The Balaban J connectivity index is 1.89. The zero-order chi connectivity index (χ0) is 18.7. The van der Waals surface area contributed by atoms with Crippen LogP contribution in [0.25, 0.3) is 10.8 Å². The molecule has 0 saturated carbocycles. The Morgan fingerprint density at radius 3 is 2.30 bits per heavy atom. The Labute approximate surface area is 162 Å². The number of hydrogen-bond donors (Lipinski definition) is 0. The Morgan fingerprint density at radius 1 is 0.889 bits per heavy atom. The highest BCUT2D eigenvalue weighted by Gasteiger charge is 2.44. The molecule has 0 aliphatic carbocycles. The first-order valence-corrected chi connectivity index (χ1v) is 10.1. The van der Waals surface area contributed by atoms with Crippen molar-refractivity contribution in [1.82, 2.24) is 4.90 Å². The molecule has 0 aromatic heterocycles. The van der Waals surface area contributed by atoms with Gasteiger partial charge in [0.25, 0.3) is 0 Å². The van der Waals surface area contributed by atoms with Gasteiger partial charge in [-0.3, -0.25) is 0 Å². The van der Waals surface area contributed by atoms with E-state index in [4.69, 9.17) is 4.74 Å². The van der Waals surface area contributed by atoms with Crippen LogP contribution in [0.1, 0.15) is 37.0 Å². The zero-order valence-electron chi connectivity index (χ0n) is 16.4. The Kier molecular flexibility index (Phi) is 5.29. The molecule has 1 saturated heterocycles. The second kappa shape index (κ2) is 7.84. The maximum atomic E-state index is 6.55. The van der Waals surface area contributed by atoms with Crippen molar-refractivity contribution in [1.29, 1.82) is 0 Å². The van der Waals surface area contributed by atoms with Crippen molar-refractivity contribution in [3.05, 3.63) is 83.9 Å². The molecule has 1 atom stereocenters. The van der Waals surface area contributed by atoms with E-state index in [1.807, 2.05) is 0 Å². The quantitative estimate of drug-likeness (QED) is 0.589. The molecule has 0 amide bonds. The summed E-state index contributed by atoms with van der Waals surface area (Å²) in [4.78, 5) is 2.44. The largest absolute Gasteiger partial charge is 0.373 e. The standard InChI is InChI=1S/C25H29NO/c1-3-27-24(23-15-9-11-20-10-7-8-14-22(20)23)25(16-18-26(2)19-17-25)21-12-5-4-6-13-21/h4-15,24H,3,16-19H2,1-2H3. The summed E-state index contributed by atoms with van der Waals surface area (Å²) in [7, 11) is 2.22. The van der Waals surface area contributed by atoms with Gasteiger partial charge < -0.3 is 9.64 Å². The van der Waals surface area contributed by atoms with Gasteiger partial charge in [0.15, 0.2) is 0 Å². The van der Waals surface area contributed by atoms with Crippen molar-refractivity contribution >= 4 is 10.8 Å². The number of fused-ring (bicyclic) bond motifs is 1. The molecular formula is C25H29NO. The van der Waals surface area contributed by atoms with Gasteiger partial charge in [-0.25, -0.2) is 0 Å². The molecule has 4 rings (SSSR count). The molecule has 0 N–H and O–H groups in total. The summed E-state index contributed by atoms with van der Waals surface area (Å²) in [5.41, 5.74) is 2.74. The second-order valence-corrected chi connectivity index (χ2v) is 7.73. The van der Waals surface area contributed by atoms with Crippen LogP contribution in [0.5, 0.6) is 0 Å². The van der Waals surface area contributed by atoms with Crippen LogP contribution < -0.4 is 0 Å².